The van der Waals surface area contributed by atoms with Gasteiger partial charge in [-0.3, -0.25) is 0 Å². The van der Waals surface area contributed by atoms with E-state index in [1.54, 1.807) is 0 Å². The number of nitrogens with zero attached hydrogens (tertiary/aromatic N) is 3. The predicted molar refractivity (Wildman–Crippen MR) is 121 cm³/mol. The van der Waals surface area contributed by atoms with Crippen molar-refractivity contribution in [3.8, 4) is 5.75 Å². The zero-order valence-corrected chi connectivity index (χ0v) is 21.1. The number of rotatable bonds is 5. The molecule has 10 nitrogen and oxygen atoms in total. The smallest absolute Gasteiger partial charge is 0.546 e. The van der Waals surface area contributed by atoms with Crippen molar-refractivity contribution < 1.29 is 45.8 Å². The van der Waals surface area contributed by atoms with Crippen molar-refractivity contribution in [1.29, 1.82) is 0 Å². The third kappa shape index (κ3) is 5.50. The average Bonchev–Trinajstić information content (AvgIpc) is 3.03. The molecule has 0 aliphatic carbocycles. The molecule has 35 heavy (non-hydrogen) atoms. The second kappa shape index (κ2) is 8.92. The standard InChI is InChI=1S/C20H17F3IN3O7S/c1-18(2,3)34-17(30)27(11-8-9-13-12(10-11)19(24,16(28)29)26-25-13)35(31,32)15-7-5-4-6-14(15)33-20(21,22)23/h4-10H,1-3H3,(H,28,29)/p-1. The Hall–Kier alpha value is -2.95. The molecular weight excluding hydrogens is 610 g/mol. The average molecular weight is 626 g/mol. The first-order valence-electron chi connectivity index (χ1n) is 9.56. The number of fused-ring (bicyclic) bond motifs is 1. The Labute approximate surface area is 210 Å². The molecule has 0 saturated heterocycles. The number of carbonyl (C=O) groups excluding carboxylic acids is 2. The molecule has 0 N–H and O–H groups in total. The molecule has 1 atom stereocenters. The molecule has 0 radical (unpaired) electrons. The van der Waals surface area contributed by atoms with Crippen molar-refractivity contribution in [2.75, 3.05) is 4.31 Å². The normalized spacial score (nSPS) is 17.6. The van der Waals surface area contributed by atoms with Gasteiger partial charge < -0.3 is 19.4 Å². The molecule has 188 valence electrons. The highest BCUT2D eigenvalue weighted by Gasteiger charge is 2.42. The minimum atomic E-state index is -5.23. The number of aliphatic carboxylic acids is 1. The molecule has 1 unspecified atom stereocenters. The van der Waals surface area contributed by atoms with Crippen molar-refractivity contribution in [3.63, 3.8) is 0 Å². The molecule has 15 heteroatoms. The molecular formula is C20H16F3IN3O7S-. The summed E-state index contributed by atoms with van der Waals surface area (Å²) in [4.78, 5) is 23.7. The maximum Gasteiger partial charge on any atom is 0.573 e. The molecule has 2 aromatic carbocycles. The number of carbonyl (C=O) groups is 2. The summed E-state index contributed by atoms with van der Waals surface area (Å²) in [6, 6.07) is 7.13. The number of hydrogen-bond acceptors (Lipinski definition) is 9. The monoisotopic (exact) mass is 626 g/mol. The summed E-state index contributed by atoms with van der Waals surface area (Å²) in [6.45, 7) is 4.34. The molecule has 3 rings (SSSR count). The first-order valence-corrected chi connectivity index (χ1v) is 12.1. The van der Waals surface area contributed by atoms with E-state index < -0.39 is 53.9 Å². The first-order chi connectivity index (χ1) is 16.0. The van der Waals surface area contributed by atoms with Gasteiger partial charge >= 0.3 is 12.5 Å². The van der Waals surface area contributed by atoms with Gasteiger partial charge in [-0.1, -0.05) is 12.1 Å². The van der Waals surface area contributed by atoms with Crippen LogP contribution in [0.15, 0.2) is 57.6 Å². The van der Waals surface area contributed by atoms with E-state index in [0.717, 1.165) is 36.4 Å². The second-order valence-corrected chi connectivity index (χ2v) is 11.4. The number of carboxylic acids is 1. The summed E-state index contributed by atoms with van der Waals surface area (Å²) in [5, 5.41) is 19.0. The lowest BCUT2D eigenvalue weighted by Gasteiger charge is -2.28. The summed E-state index contributed by atoms with van der Waals surface area (Å²) in [7, 11) is -5.10. The van der Waals surface area contributed by atoms with E-state index in [-0.39, 0.29) is 15.6 Å². The SMILES string of the molecule is CC(C)(C)OC(=O)N(c1ccc2c(c1)C(I)(C(=O)[O-])N=N2)S(=O)(=O)c1ccccc1OC(F)(F)F. The highest BCUT2D eigenvalue weighted by atomic mass is 127. The maximum atomic E-state index is 13.6. The molecule has 1 heterocycles. The number of amides is 1. The number of ether oxygens (including phenoxy) is 2. The van der Waals surface area contributed by atoms with Crippen LogP contribution < -0.4 is 14.1 Å². The molecule has 1 aliphatic rings. The highest BCUT2D eigenvalue weighted by Crippen LogP contribution is 2.47. The highest BCUT2D eigenvalue weighted by molar-refractivity contribution is 14.1. The number of anilines is 1. The van der Waals surface area contributed by atoms with E-state index in [2.05, 4.69) is 15.0 Å². The Morgan fingerprint density at radius 1 is 1.11 bits per heavy atom. The van der Waals surface area contributed by atoms with Crippen LogP contribution in [0.1, 0.15) is 26.3 Å². The van der Waals surface area contributed by atoms with Crippen LogP contribution in [0.25, 0.3) is 0 Å². The van der Waals surface area contributed by atoms with Gasteiger partial charge in [0.2, 0.25) is 0 Å². The predicted octanol–water partition coefficient (Wildman–Crippen LogP) is 4.15. The first kappa shape index (κ1) is 26.7. The van der Waals surface area contributed by atoms with E-state index in [1.165, 1.54) is 49.4 Å². The molecule has 0 saturated carbocycles. The lowest BCUT2D eigenvalue weighted by atomic mass is 10.1. The van der Waals surface area contributed by atoms with Crippen LogP contribution in [0.3, 0.4) is 0 Å². The second-order valence-electron chi connectivity index (χ2n) is 8.06. The molecule has 0 bridgehead atoms. The van der Waals surface area contributed by atoms with Crippen LogP contribution in [-0.4, -0.2) is 32.4 Å². The summed E-state index contributed by atoms with van der Waals surface area (Å²) < 4.78 is 73.0. The van der Waals surface area contributed by atoms with E-state index in [0.29, 0.717) is 0 Å². The molecule has 1 amide bonds. The fourth-order valence-corrected chi connectivity index (χ4v) is 4.92. The van der Waals surface area contributed by atoms with Crippen LogP contribution in [-0.2, 0) is 23.1 Å². The Bertz CT molecular complexity index is 1330. The summed E-state index contributed by atoms with van der Waals surface area (Å²) in [5.41, 5.74) is -1.69. The van der Waals surface area contributed by atoms with Crippen molar-refractivity contribution in [2.45, 2.75) is 41.2 Å². The number of hydrogen-bond donors (Lipinski definition) is 0. The van der Waals surface area contributed by atoms with Crippen LogP contribution in [0.4, 0.5) is 29.3 Å². The summed E-state index contributed by atoms with van der Waals surface area (Å²) in [6.07, 6.45) is -6.69. The number of benzene rings is 2. The number of azo groups is 1. The quantitative estimate of drug-likeness (QED) is 0.276. The fraction of sp³-hybridized carbons (Fsp3) is 0.300. The number of para-hydroxylation sites is 1. The molecule has 2 aromatic rings. The molecule has 1 aliphatic heterocycles. The van der Waals surface area contributed by atoms with Gasteiger partial charge in [0.25, 0.3) is 10.0 Å². The van der Waals surface area contributed by atoms with Gasteiger partial charge in [-0.05, 0) is 73.7 Å². The van der Waals surface area contributed by atoms with Crippen molar-refractivity contribution in [1.82, 2.24) is 0 Å². The largest absolute Gasteiger partial charge is 0.573 e. The third-order valence-electron chi connectivity index (χ3n) is 4.29. The Kier molecular flexibility index (Phi) is 6.80. The Morgan fingerprint density at radius 3 is 2.31 bits per heavy atom. The summed E-state index contributed by atoms with van der Waals surface area (Å²) >= 11 is 1.43. The lowest BCUT2D eigenvalue weighted by molar-refractivity contribution is -0.308. The van der Waals surface area contributed by atoms with Crippen molar-refractivity contribution in [3.05, 3.63) is 48.0 Å². The van der Waals surface area contributed by atoms with Crippen molar-refractivity contribution >= 4 is 56.1 Å². The number of carboxylic acid groups (broad SMARTS) is 1. The number of sulfonamides is 1. The van der Waals surface area contributed by atoms with E-state index >= 15 is 0 Å². The van der Waals surface area contributed by atoms with Gasteiger partial charge in [0.05, 0.1) is 17.3 Å². The third-order valence-corrected chi connectivity index (χ3v) is 7.26. The van der Waals surface area contributed by atoms with Crippen LogP contribution >= 0.6 is 22.6 Å². The maximum absolute atomic E-state index is 13.6. The van der Waals surface area contributed by atoms with Crippen LogP contribution in [0.2, 0.25) is 0 Å². The van der Waals surface area contributed by atoms with Crippen LogP contribution in [0, 0.1) is 0 Å². The van der Waals surface area contributed by atoms with E-state index in [1.807, 2.05) is 0 Å². The molecule has 0 aromatic heterocycles. The molecule has 0 fully saturated rings. The van der Waals surface area contributed by atoms with Gasteiger partial charge in [-0.25, -0.2) is 13.2 Å². The van der Waals surface area contributed by atoms with Crippen LogP contribution in [0.5, 0.6) is 5.75 Å². The van der Waals surface area contributed by atoms with E-state index in [9.17, 15) is 36.3 Å². The van der Waals surface area contributed by atoms with E-state index in [4.69, 9.17) is 4.74 Å². The van der Waals surface area contributed by atoms with Gasteiger partial charge in [-0.2, -0.15) is 14.5 Å². The summed E-state index contributed by atoms with van der Waals surface area (Å²) in [5.74, 6) is -2.74. The minimum Gasteiger partial charge on any atom is -0.546 e. The zero-order chi connectivity index (χ0) is 26.4. The lowest BCUT2D eigenvalue weighted by Crippen LogP contribution is -2.42. The topological polar surface area (TPSA) is 138 Å². The Balaban J connectivity index is 2.22. The van der Waals surface area contributed by atoms with Gasteiger partial charge in [0.15, 0.2) is 3.55 Å². The van der Waals surface area contributed by atoms with Gasteiger partial charge in [0, 0.05) is 5.56 Å². The van der Waals surface area contributed by atoms with Gasteiger partial charge in [0.1, 0.15) is 16.2 Å². The number of halogens is 4. The van der Waals surface area contributed by atoms with Crippen molar-refractivity contribution in [2.24, 2.45) is 10.2 Å². The minimum absolute atomic E-state index is 0.0645. The zero-order valence-electron chi connectivity index (χ0n) is 18.2. The number of alkyl halides is 4. The Morgan fingerprint density at radius 2 is 1.74 bits per heavy atom. The fourth-order valence-electron chi connectivity index (χ4n) is 2.95. The molecule has 0 spiro atoms. The van der Waals surface area contributed by atoms with Gasteiger partial charge in [-0.15, -0.1) is 13.2 Å².